The van der Waals surface area contributed by atoms with Crippen molar-refractivity contribution >= 4 is 16.7 Å². The molecule has 0 aliphatic rings. The number of ether oxygens (including phenoxy) is 1. The second-order valence-corrected chi connectivity index (χ2v) is 7.28. The monoisotopic (exact) mass is 419 g/mol. The smallest absolute Gasteiger partial charge is 0.213 e. The van der Waals surface area contributed by atoms with Crippen molar-refractivity contribution in [3.05, 3.63) is 109 Å². The normalized spacial score (nSPS) is 10.8. The number of aromatic nitrogens is 4. The lowest BCUT2D eigenvalue weighted by Gasteiger charge is -2.12. The Morgan fingerprint density at radius 3 is 2.53 bits per heavy atom. The van der Waals surface area contributed by atoms with E-state index in [0.717, 1.165) is 33.4 Å². The highest BCUT2D eigenvalue weighted by Gasteiger charge is 2.10. The van der Waals surface area contributed by atoms with Crippen LogP contribution < -0.4 is 10.1 Å². The lowest BCUT2D eigenvalue weighted by molar-refractivity contribution is 0.293. The van der Waals surface area contributed by atoms with Crippen LogP contribution in [0.15, 0.2) is 97.5 Å². The van der Waals surface area contributed by atoms with Crippen LogP contribution in [0.5, 0.6) is 5.88 Å². The molecule has 0 spiro atoms. The molecule has 6 nitrogen and oxygen atoms in total. The number of nitrogens with one attached hydrogen (secondary N) is 1. The average molecular weight is 419 g/mol. The van der Waals surface area contributed by atoms with Gasteiger partial charge in [-0.25, -0.2) is 15.0 Å². The molecule has 0 atom stereocenters. The summed E-state index contributed by atoms with van der Waals surface area (Å²) in [6.45, 7) is 1.06. The highest BCUT2D eigenvalue weighted by atomic mass is 16.5. The Morgan fingerprint density at radius 1 is 0.781 bits per heavy atom. The van der Waals surface area contributed by atoms with E-state index in [1.807, 2.05) is 78.9 Å². The van der Waals surface area contributed by atoms with E-state index in [9.17, 15) is 0 Å². The zero-order valence-corrected chi connectivity index (χ0v) is 17.3. The summed E-state index contributed by atoms with van der Waals surface area (Å²) in [6, 6.07) is 25.8. The van der Waals surface area contributed by atoms with Gasteiger partial charge in [0.25, 0.3) is 0 Å². The molecule has 5 aromatic rings. The van der Waals surface area contributed by atoms with Crippen molar-refractivity contribution in [2.75, 3.05) is 5.32 Å². The van der Waals surface area contributed by atoms with Crippen molar-refractivity contribution in [2.45, 2.75) is 13.2 Å². The van der Waals surface area contributed by atoms with Crippen LogP contribution in [0.4, 0.5) is 5.82 Å². The van der Waals surface area contributed by atoms with E-state index in [4.69, 9.17) is 14.7 Å². The lowest BCUT2D eigenvalue weighted by Crippen LogP contribution is -2.05. The molecule has 0 unspecified atom stereocenters. The van der Waals surface area contributed by atoms with Crippen LogP contribution >= 0.6 is 0 Å². The Bertz CT molecular complexity index is 1330. The molecular formula is C26H21N5O. The highest BCUT2D eigenvalue weighted by Crippen LogP contribution is 2.25. The summed E-state index contributed by atoms with van der Waals surface area (Å²) < 4.78 is 5.86. The zero-order valence-electron chi connectivity index (χ0n) is 17.3. The number of nitrogens with zero attached hydrogens (tertiary/aromatic N) is 4. The van der Waals surface area contributed by atoms with E-state index < -0.39 is 0 Å². The Hall–Kier alpha value is -4.32. The SMILES string of the molecule is c1ccc(COc2cc(CNc3nc(-c4cccnc4)nc4ccccc34)ccn2)cc1. The predicted octanol–water partition coefficient (Wildman–Crippen LogP) is 5.28. The summed E-state index contributed by atoms with van der Waals surface area (Å²) in [5.41, 5.74) is 3.91. The van der Waals surface area contributed by atoms with Crippen LogP contribution in [0.1, 0.15) is 11.1 Å². The van der Waals surface area contributed by atoms with Crippen LogP contribution in [0.25, 0.3) is 22.3 Å². The first-order chi connectivity index (χ1) is 15.8. The van der Waals surface area contributed by atoms with E-state index in [-0.39, 0.29) is 0 Å². The van der Waals surface area contributed by atoms with Gasteiger partial charge in [0.2, 0.25) is 5.88 Å². The molecule has 0 saturated heterocycles. The van der Waals surface area contributed by atoms with E-state index in [0.29, 0.717) is 24.9 Å². The number of hydrogen-bond acceptors (Lipinski definition) is 6. The fourth-order valence-electron chi connectivity index (χ4n) is 3.39. The van der Waals surface area contributed by atoms with Gasteiger partial charge in [-0.2, -0.15) is 0 Å². The Labute approximate surface area is 186 Å². The van der Waals surface area contributed by atoms with Crippen LogP contribution in [0.2, 0.25) is 0 Å². The molecule has 5 rings (SSSR count). The third kappa shape index (κ3) is 4.54. The minimum absolute atomic E-state index is 0.482. The predicted molar refractivity (Wildman–Crippen MR) is 125 cm³/mol. The molecule has 0 fully saturated rings. The molecule has 32 heavy (non-hydrogen) atoms. The fraction of sp³-hybridized carbons (Fsp3) is 0.0769. The van der Waals surface area contributed by atoms with Gasteiger partial charge in [-0.3, -0.25) is 4.98 Å². The average Bonchev–Trinajstić information content (AvgIpc) is 2.87. The number of rotatable bonds is 7. The Morgan fingerprint density at radius 2 is 1.66 bits per heavy atom. The van der Waals surface area contributed by atoms with Gasteiger partial charge >= 0.3 is 0 Å². The van der Waals surface area contributed by atoms with E-state index in [1.165, 1.54) is 0 Å². The number of anilines is 1. The first kappa shape index (κ1) is 19.6. The molecule has 2 aromatic carbocycles. The fourth-order valence-corrected chi connectivity index (χ4v) is 3.39. The minimum atomic E-state index is 0.482. The minimum Gasteiger partial charge on any atom is -0.473 e. The summed E-state index contributed by atoms with van der Waals surface area (Å²) in [6.07, 6.45) is 5.27. The second kappa shape index (κ2) is 9.22. The largest absolute Gasteiger partial charge is 0.473 e. The summed E-state index contributed by atoms with van der Waals surface area (Å²) in [5, 5.41) is 4.43. The van der Waals surface area contributed by atoms with Crippen LogP contribution in [0, 0.1) is 0 Å². The molecule has 0 saturated carbocycles. The molecule has 0 amide bonds. The van der Waals surface area contributed by atoms with Crippen LogP contribution in [0.3, 0.4) is 0 Å². The van der Waals surface area contributed by atoms with Gasteiger partial charge in [-0.05, 0) is 41.5 Å². The first-order valence-corrected chi connectivity index (χ1v) is 10.4. The number of fused-ring (bicyclic) bond motifs is 1. The quantitative estimate of drug-likeness (QED) is 0.387. The molecule has 6 heteroatoms. The maximum atomic E-state index is 5.86. The van der Waals surface area contributed by atoms with Crippen molar-refractivity contribution in [2.24, 2.45) is 0 Å². The van der Waals surface area contributed by atoms with Gasteiger partial charge in [0, 0.05) is 42.2 Å². The topological polar surface area (TPSA) is 72.8 Å². The molecule has 1 N–H and O–H groups in total. The molecule has 3 aromatic heterocycles. The van der Waals surface area contributed by atoms with E-state index >= 15 is 0 Å². The molecule has 156 valence electrons. The van der Waals surface area contributed by atoms with Crippen molar-refractivity contribution < 1.29 is 4.74 Å². The van der Waals surface area contributed by atoms with Gasteiger partial charge in [-0.15, -0.1) is 0 Å². The summed E-state index contributed by atoms with van der Waals surface area (Å²) in [4.78, 5) is 18.0. The maximum Gasteiger partial charge on any atom is 0.213 e. The standard InChI is InChI=1S/C26H21N5O/c1-2-7-19(8-3-1)18-32-24-15-20(12-14-28-24)16-29-26-22-10-4-5-11-23(22)30-25(31-26)21-9-6-13-27-17-21/h1-15,17H,16,18H2,(H,29,30,31). The third-order valence-corrected chi connectivity index (χ3v) is 5.01. The Balaban J connectivity index is 1.36. The summed E-state index contributed by atoms with van der Waals surface area (Å²) in [7, 11) is 0. The number of hydrogen-bond donors (Lipinski definition) is 1. The van der Waals surface area contributed by atoms with Crippen LogP contribution in [-0.2, 0) is 13.2 Å². The third-order valence-electron chi connectivity index (χ3n) is 5.01. The van der Waals surface area contributed by atoms with Gasteiger partial charge in [0.05, 0.1) is 5.52 Å². The zero-order chi connectivity index (χ0) is 21.6. The van der Waals surface area contributed by atoms with Gasteiger partial charge < -0.3 is 10.1 Å². The molecular weight excluding hydrogens is 398 g/mol. The van der Waals surface area contributed by atoms with Crippen molar-refractivity contribution in [1.82, 2.24) is 19.9 Å². The summed E-state index contributed by atoms with van der Waals surface area (Å²) >= 11 is 0. The van der Waals surface area contributed by atoms with Crippen molar-refractivity contribution in [3.63, 3.8) is 0 Å². The van der Waals surface area contributed by atoms with Crippen LogP contribution in [-0.4, -0.2) is 19.9 Å². The van der Waals surface area contributed by atoms with Gasteiger partial charge in [0.1, 0.15) is 12.4 Å². The molecule has 0 radical (unpaired) electrons. The number of para-hydroxylation sites is 1. The molecule has 0 aliphatic carbocycles. The van der Waals surface area contributed by atoms with Crippen molar-refractivity contribution in [3.8, 4) is 17.3 Å². The number of pyridine rings is 2. The summed E-state index contributed by atoms with van der Waals surface area (Å²) in [5.74, 6) is 2.01. The lowest BCUT2D eigenvalue weighted by atomic mass is 10.2. The van der Waals surface area contributed by atoms with Gasteiger partial charge in [0.15, 0.2) is 5.82 Å². The van der Waals surface area contributed by atoms with Gasteiger partial charge in [-0.1, -0.05) is 42.5 Å². The highest BCUT2D eigenvalue weighted by molar-refractivity contribution is 5.90. The second-order valence-electron chi connectivity index (χ2n) is 7.28. The van der Waals surface area contributed by atoms with E-state index in [2.05, 4.69) is 15.3 Å². The molecule has 0 aliphatic heterocycles. The molecule has 0 bridgehead atoms. The van der Waals surface area contributed by atoms with E-state index in [1.54, 1.807) is 18.6 Å². The Kier molecular flexibility index (Phi) is 5.66. The maximum absolute atomic E-state index is 5.86. The molecule has 3 heterocycles. The number of benzene rings is 2. The first-order valence-electron chi connectivity index (χ1n) is 10.4. The van der Waals surface area contributed by atoms with Crippen molar-refractivity contribution in [1.29, 1.82) is 0 Å².